The van der Waals surface area contributed by atoms with E-state index in [9.17, 15) is 18.4 Å². The molecule has 1 heterocycles. The second-order valence-electron chi connectivity index (χ2n) is 8.29. The molecule has 0 fully saturated rings. The smallest absolute Gasteiger partial charge is 0.344 e. The third-order valence-electron chi connectivity index (χ3n) is 5.37. The fraction of sp³-hybridized carbons (Fsp3) is 0.333. The van der Waals surface area contributed by atoms with Gasteiger partial charge in [-0.2, -0.15) is 0 Å². The van der Waals surface area contributed by atoms with E-state index in [1.165, 1.54) is 6.92 Å². The Bertz CT molecular complexity index is 1230. The highest BCUT2D eigenvalue weighted by atomic mass is 19.3. The van der Waals surface area contributed by atoms with Crippen LogP contribution in [-0.2, 0) is 9.53 Å². The summed E-state index contributed by atoms with van der Waals surface area (Å²) < 4.78 is 44.0. The fourth-order valence-corrected chi connectivity index (χ4v) is 3.51. The Kier molecular flexibility index (Phi) is 8.21. The van der Waals surface area contributed by atoms with Crippen molar-refractivity contribution in [2.75, 3.05) is 13.2 Å². The molecule has 1 aromatic heterocycles. The van der Waals surface area contributed by atoms with Gasteiger partial charge in [0.2, 0.25) is 5.92 Å². The van der Waals surface area contributed by atoms with Crippen LogP contribution in [0.15, 0.2) is 69.9 Å². The van der Waals surface area contributed by atoms with Crippen molar-refractivity contribution in [3.63, 3.8) is 0 Å². The quantitative estimate of drug-likeness (QED) is 0.139. The van der Waals surface area contributed by atoms with Gasteiger partial charge in [-0.3, -0.25) is 0 Å². The molecule has 5 nitrogen and oxygen atoms in total. The summed E-state index contributed by atoms with van der Waals surface area (Å²) in [5.74, 6) is -3.01. The first kappa shape index (κ1) is 25.1. The third-order valence-corrected chi connectivity index (χ3v) is 5.37. The number of hydrogen-bond donors (Lipinski definition) is 0. The fourth-order valence-electron chi connectivity index (χ4n) is 3.51. The van der Waals surface area contributed by atoms with E-state index >= 15 is 0 Å². The molecule has 0 N–H and O–H groups in total. The molecule has 180 valence electrons. The van der Waals surface area contributed by atoms with Gasteiger partial charge in [-0.25, -0.2) is 18.4 Å². The molecule has 0 radical (unpaired) electrons. The van der Waals surface area contributed by atoms with Crippen LogP contribution < -0.4 is 10.4 Å². The Labute approximate surface area is 197 Å². The largest absolute Gasteiger partial charge is 0.493 e. The van der Waals surface area contributed by atoms with Gasteiger partial charge in [0.25, 0.3) is 0 Å². The molecule has 3 aromatic rings. The summed E-state index contributed by atoms with van der Waals surface area (Å²) in [7, 11) is 0. The summed E-state index contributed by atoms with van der Waals surface area (Å²) in [4.78, 5) is 23.8. The topological polar surface area (TPSA) is 65.7 Å². The van der Waals surface area contributed by atoms with Crippen LogP contribution in [0.1, 0.15) is 38.2 Å². The highest BCUT2D eigenvalue weighted by Gasteiger charge is 2.27. The number of halogens is 2. The number of esters is 1. The first-order valence-corrected chi connectivity index (χ1v) is 11.1. The zero-order chi connectivity index (χ0) is 24.7. The van der Waals surface area contributed by atoms with Gasteiger partial charge in [0.15, 0.2) is 0 Å². The maximum atomic E-state index is 14.0. The molecule has 0 spiro atoms. The number of carbonyl (C=O) groups is 1. The summed E-state index contributed by atoms with van der Waals surface area (Å²) >= 11 is 0. The molecule has 3 rings (SSSR count). The molecule has 2 aromatic carbocycles. The zero-order valence-corrected chi connectivity index (χ0v) is 19.4. The summed E-state index contributed by atoms with van der Waals surface area (Å²) in [6.45, 7) is 6.90. The molecule has 0 aliphatic rings. The number of rotatable bonds is 11. The maximum Gasteiger partial charge on any atom is 0.344 e. The normalized spacial score (nSPS) is 11.4. The Balaban J connectivity index is 1.52. The molecular formula is C27H28F2O5. The van der Waals surface area contributed by atoms with E-state index in [4.69, 9.17) is 13.9 Å². The molecule has 0 bridgehead atoms. The van der Waals surface area contributed by atoms with Crippen molar-refractivity contribution in [2.45, 2.75) is 45.5 Å². The zero-order valence-electron chi connectivity index (χ0n) is 19.4. The summed E-state index contributed by atoms with van der Waals surface area (Å²) in [6, 6.07) is 14.4. The van der Waals surface area contributed by atoms with Gasteiger partial charge in [-0.05, 0) is 56.0 Å². The first-order chi connectivity index (χ1) is 16.2. The van der Waals surface area contributed by atoms with Crippen LogP contribution >= 0.6 is 0 Å². The van der Waals surface area contributed by atoms with Crippen molar-refractivity contribution < 1.29 is 27.5 Å². The van der Waals surface area contributed by atoms with E-state index in [0.29, 0.717) is 16.9 Å². The average molecular weight is 471 g/mol. The Hall–Kier alpha value is -3.48. The molecule has 34 heavy (non-hydrogen) atoms. The van der Waals surface area contributed by atoms with Gasteiger partial charge in [-0.15, -0.1) is 0 Å². The number of alkyl halides is 2. The molecule has 0 atom stereocenters. The highest BCUT2D eigenvalue weighted by Crippen LogP contribution is 2.28. The molecule has 0 saturated carbocycles. The predicted molar refractivity (Wildman–Crippen MR) is 127 cm³/mol. The second kappa shape index (κ2) is 11.1. The van der Waals surface area contributed by atoms with Gasteiger partial charge in [0.05, 0.1) is 18.8 Å². The molecule has 0 aliphatic carbocycles. The molecule has 7 heteroatoms. The number of aryl methyl sites for hydroxylation is 1. The van der Waals surface area contributed by atoms with Gasteiger partial charge in [0.1, 0.15) is 11.3 Å². The number of fused-ring (bicyclic) bond motifs is 1. The van der Waals surface area contributed by atoms with Crippen LogP contribution in [-0.4, -0.2) is 25.1 Å². The van der Waals surface area contributed by atoms with Crippen LogP contribution in [0.25, 0.3) is 22.1 Å². The van der Waals surface area contributed by atoms with E-state index in [2.05, 4.69) is 6.58 Å². The number of ether oxygens (including phenoxy) is 2. The minimum Gasteiger partial charge on any atom is -0.493 e. The van der Waals surface area contributed by atoms with Crippen LogP contribution in [0.4, 0.5) is 8.78 Å². The number of carbonyl (C=O) groups excluding carboxylic acids is 1. The Morgan fingerprint density at radius 3 is 2.44 bits per heavy atom. The first-order valence-electron chi connectivity index (χ1n) is 11.1. The summed E-state index contributed by atoms with van der Waals surface area (Å²) in [6.07, 6.45) is -0.501. The van der Waals surface area contributed by atoms with Crippen molar-refractivity contribution in [2.24, 2.45) is 0 Å². The lowest BCUT2D eigenvalue weighted by molar-refractivity contribution is -0.139. The predicted octanol–water partition coefficient (Wildman–Crippen LogP) is 6.46. The average Bonchev–Trinajstić information content (AvgIpc) is 2.79. The van der Waals surface area contributed by atoms with Crippen molar-refractivity contribution >= 4 is 16.9 Å². The van der Waals surface area contributed by atoms with Gasteiger partial charge < -0.3 is 13.9 Å². The SMILES string of the molecule is C=C(C)C(=O)OCCCC(F)(F)CCCOc1ccc2cc(-c3ccccc3C)c(=O)oc2c1. The Morgan fingerprint density at radius 2 is 1.74 bits per heavy atom. The summed E-state index contributed by atoms with van der Waals surface area (Å²) in [5.41, 5.74) is 2.42. The molecular weight excluding hydrogens is 442 g/mol. The molecule has 0 aliphatic heterocycles. The van der Waals surface area contributed by atoms with Crippen molar-refractivity contribution in [1.29, 1.82) is 0 Å². The number of benzene rings is 2. The summed E-state index contributed by atoms with van der Waals surface area (Å²) in [5, 5.41) is 0.740. The Morgan fingerprint density at radius 1 is 1.03 bits per heavy atom. The van der Waals surface area contributed by atoms with Crippen molar-refractivity contribution in [3.8, 4) is 16.9 Å². The van der Waals surface area contributed by atoms with Gasteiger partial charge >= 0.3 is 11.6 Å². The van der Waals surface area contributed by atoms with Crippen LogP contribution in [0.2, 0.25) is 0 Å². The minimum absolute atomic E-state index is 0.0639. The number of hydrogen-bond acceptors (Lipinski definition) is 5. The van der Waals surface area contributed by atoms with E-state index in [0.717, 1.165) is 16.5 Å². The van der Waals surface area contributed by atoms with Gasteiger partial charge in [0, 0.05) is 29.9 Å². The highest BCUT2D eigenvalue weighted by molar-refractivity contribution is 5.87. The lowest BCUT2D eigenvalue weighted by Gasteiger charge is -2.16. The van der Waals surface area contributed by atoms with E-state index in [1.54, 1.807) is 24.3 Å². The standard InChI is InChI=1S/C27H28F2O5/c1-18(2)25(30)33-15-7-13-27(28,29)12-6-14-32-21-11-10-20-16-23(26(31)34-24(20)17-21)22-9-5-4-8-19(22)3/h4-5,8-11,16-17H,1,6-7,12-15H2,2-3H3. The van der Waals surface area contributed by atoms with E-state index < -0.39 is 17.5 Å². The lowest BCUT2D eigenvalue weighted by atomic mass is 10.0. The minimum atomic E-state index is -2.87. The molecule has 0 saturated heterocycles. The second-order valence-corrected chi connectivity index (χ2v) is 8.29. The van der Waals surface area contributed by atoms with Crippen LogP contribution in [0, 0.1) is 6.92 Å². The third kappa shape index (κ3) is 6.76. The van der Waals surface area contributed by atoms with Crippen molar-refractivity contribution in [3.05, 3.63) is 76.7 Å². The van der Waals surface area contributed by atoms with Crippen LogP contribution in [0.5, 0.6) is 5.75 Å². The lowest BCUT2D eigenvalue weighted by Crippen LogP contribution is -2.18. The maximum absolute atomic E-state index is 14.0. The molecule has 0 amide bonds. The van der Waals surface area contributed by atoms with E-state index in [-0.39, 0.29) is 44.5 Å². The van der Waals surface area contributed by atoms with Gasteiger partial charge in [-0.1, -0.05) is 30.8 Å². The van der Waals surface area contributed by atoms with Crippen molar-refractivity contribution in [1.82, 2.24) is 0 Å². The molecule has 0 unspecified atom stereocenters. The van der Waals surface area contributed by atoms with E-state index in [1.807, 2.05) is 31.2 Å². The van der Waals surface area contributed by atoms with Crippen LogP contribution in [0.3, 0.4) is 0 Å². The monoisotopic (exact) mass is 470 g/mol.